The van der Waals surface area contributed by atoms with Gasteiger partial charge in [0.1, 0.15) is 0 Å². The van der Waals surface area contributed by atoms with Gasteiger partial charge in [-0.3, -0.25) is 14.4 Å². The number of hydrogen-bond acceptors (Lipinski definition) is 5. The summed E-state index contributed by atoms with van der Waals surface area (Å²) < 4.78 is 5.47. The molecule has 33 heavy (non-hydrogen) atoms. The maximum Gasteiger partial charge on any atom is 0.340 e. The van der Waals surface area contributed by atoms with Gasteiger partial charge in [0.2, 0.25) is 17.6 Å². The van der Waals surface area contributed by atoms with Crippen molar-refractivity contribution in [1.82, 2.24) is 0 Å². The van der Waals surface area contributed by atoms with Crippen molar-refractivity contribution in [1.29, 1.82) is 0 Å². The van der Waals surface area contributed by atoms with Crippen LogP contribution in [-0.4, -0.2) is 29.7 Å². The molecule has 0 radical (unpaired) electrons. The third kappa shape index (κ3) is 2.93. The number of allylic oxidation sites excluding steroid dienone is 2. The molecule has 7 atom stereocenters. The van der Waals surface area contributed by atoms with Crippen LogP contribution in [0.4, 0.5) is 5.69 Å². The zero-order valence-electron chi connectivity index (χ0n) is 18.1. The van der Waals surface area contributed by atoms with Gasteiger partial charge in [-0.05, 0) is 49.1 Å². The zero-order chi connectivity index (χ0) is 22.9. The molecule has 2 amide bonds. The SMILES string of the molecule is C[C@H](OC(=O)c1ccccc1N1C(=O)[C@@H]2[C@@H]3C=C[C@H]([C@H]4C[C@H]34)[C@@H]2C1=O)C(=O)c1ccccc1. The van der Waals surface area contributed by atoms with E-state index in [1.807, 2.05) is 0 Å². The molecule has 0 aromatic heterocycles. The highest BCUT2D eigenvalue weighted by Crippen LogP contribution is 2.65. The molecule has 3 fully saturated rings. The van der Waals surface area contributed by atoms with E-state index in [4.69, 9.17) is 4.74 Å². The first-order chi connectivity index (χ1) is 16.0. The largest absolute Gasteiger partial charge is 0.451 e. The van der Waals surface area contributed by atoms with Gasteiger partial charge in [-0.15, -0.1) is 0 Å². The Morgan fingerprint density at radius 3 is 2.09 bits per heavy atom. The van der Waals surface area contributed by atoms with E-state index in [1.54, 1.807) is 48.5 Å². The van der Waals surface area contributed by atoms with Crippen molar-refractivity contribution in [3.05, 3.63) is 77.9 Å². The number of nitrogens with zero attached hydrogens (tertiary/aromatic N) is 1. The molecule has 2 aromatic carbocycles. The molecular weight excluding hydrogens is 418 g/mol. The first-order valence-corrected chi connectivity index (χ1v) is 11.4. The average Bonchev–Trinajstić information content (AvgIpc) is 3.62. The molecule has 2 aromatic rings. The number of amides is 2. The molecule has 2 bridgehead atoms. The molecule has 0 spiro atoms. The van der Waals surface area contributed by atoms with E-state index < -0.39 is 12.1 Å². The topological polar surface area (TPSA) is 80.8 Å². The standard InChI is InChI=1S/C27H23NO5/c1-14(24(29)15-7-3-2-4-8-15)33-27(32)18-9-5-6-10-21(18)28-25(30)22-16-11-12-17(20-13-19(16)20)23(22)26(28)31/h2-12,14,16-17,19-20,22-23H,13H2,1H3/t14-,16+,17+,19+,20+,22-,23+/m0/s1. The summed E-state index contributed by atoms with van der Waals surface area (Å²) in [5, 5.41) is 0. The number of esters is 1. The first kappa shape index (κ1) is 20.1. The maximum atomic E-state index is 13.5. The molecule has 1 aliphatic heterocycles. The van der Waals surface area contributed by atoms with Gasteiger partial charge in [0, 0.05) is 5.56 Å². The van der Waals surface area contributed by atoms with Gasteiger partial charge < -0.3 is 4.74 Å². The second kappa shape index (κ2) is 7.24. The minimum Gasteiger partial charge on any atom is -0.451 e. The monoisotopic (exact) mass is 441 g/mol. The van der Waals surface area contributed by atoms with Gasteiger partial charge in [-0.25, -0.2) is 9.69 Å². The summed E-state index contributed by atoms with van der Waals surface area (Å²) >= 11 is 0. The first-order valence-electron chi connectivity index (χ1n) is 11.4. The molecule has 1 saturated heterocycles. The lowest BCUT2D eigenvalue weighted by atomic mass is 9.63. The number of para-hydroxylation sites is 1. The van der Waals surface area contributed by atoms with Crippen LogP contribution in [0.3, 0.4) is 0 Å². The number of hydrogen-bond donors (Lipinski definition) is 0. The van der Waals surface area contributed by atoms with Crippen molar-refractivity contribution in [3.8, 4) is 0 Å². The van der Waals surface area contributed by atoms with Crippen LogP contribution in [0.2, 0.25) is 0 Å². The van der Waals surface area contributed by atoms with E-state index in [0.717, 1.165) is 6.42 Å². The lowest BCUT2D eigenvalue weighted by Gasteiger charge is -2.37. The van der Waals surface area contributed by atoms with Crippen molar-refractivity contribution >= 4 is 29.3 Å². The Hall–Kier alpha value is -3.54. The highest BCUT2D eigenvalue weighted by Gasteiger charge is 2.67. The molecule has 166 valence electrons. The summed E-state index contributed by atoms with van der Waals surface area (Å²) in [7, 11) is 0. The van der Waals surface area contributed by atoms with Gasteiger partial charge in [0.05, 0.1) is 23.1 Å². The van der Waals surface area contributed by atoms with Gasteiger partial charge in [-0.1, -0.05) is 54.6 Å². The van der Waals surface area contributed by atoms with Crippen molar-refractivity contribution in [2.24, 2.45) is 35.5 Å². The summed E-state index contributed by atoms with van der Waals surface area (Å²) in [5.74, 6) is -0.997. The third-order valence-electron chi connectivity index (χ3n) is 7.74. The predicted octanol–water partition coefficient (Wildman–Crippen LogP) is 3.67. The Labute approximate surface area is 191 Å². The molecule has 4 aliphatic carbocycles. The number of imide groups is 1. The zero-order valence-corrected chi connectivity index (χ0v) is 18.1. The molecule has 5 aliphatic rings. The van der Waals surface area contributed by atoms with Gasteiger partial charge in [0.15, 0.2) is 6.10 Å². The number of benzene rings is 2. The molecular formula is C27H23NO5. The maximum absolute atomic E-state index is 13.5. The highest BCUT2D eigenvalue weighted by atomic mass is 16.5. The van der Waals surface area contributed by atoms with Crippen molar-refractivity contribution < 1.29 is 23.9 Å². The van der Waals surface area contributed by atoms with Crippen LogP contribution < -0.4 is 4.90 Å². The Morgan fingerprint density at radius 2 is 1.45 bits per heavy atom. The van der Waals surface area contributed by atoms with Crippen LogP contribution in [0.5, 0.6) is 0 Å². The molecule has 6 heteroatoms. The molecule has 2 saturated carbocycles. The van der Waals surface area contributed by atoms with Crippen LogP contribution >= 0.6 is 0 Å². The minimum atomic E-state index is -1.01. The fourth-order valence-corrected chi connectivity index (χ4v) is 6.15. The smallest absolute Gasteiger partial charge is 0.340 e. The number of Topliss-reactive ketones (excluding diaryl/α,β-unsaturated/α-hetero) is 1. The molecule has 7 rings (SSSR count). The number of carbonyl (C=O) groups is 4. The predicted molar refractivity (Wildman–Crippen MR) is 119 cm³/mol. The number of ether oxygens (including phenoxy) is 1. The van der Waals surface area contributed by atoms with E-state index >= 15 is 0 Å². The van der Waals surface area contributed by atoms with Gasteiger partial charge >= 0.3 is 5.97 Å². The minimum absolute atomic E-state index is 0.106. The molecule has 1 heterocycles. The second-order valence-electron chi connectivity index (χ2n) is 9.46. The highest BCUT2D eigenvalue weighted by molar-refractivity contribution is 6.24. The summed E-state index contributed by atoms with van der Waals surface area (Å²) in [4.78, 5) is 53.8. The van der Waals surface area contributed by atoms with Gasteiger partial charge in [0.25, 0.3) is 0 Å². The molecule has 0 N–H and O–H groups in total. The van der Waals surface area contributed by atoms with Crippen LogP contribution in [0, 0.1) is 35.5 Å². The quantitative estimate of drug-likeness (QED) is 0.306. The van der Waals surface area contributed by atoms with E-state index in [1.165, 1.54) is 17.9 Å². The fraction of sp³-hybridized carbons (Fsp3) is 0.333. The number of carbonyl (C=O) groups excluding carboxylic acids is 4. The second-order valence-corrected chi connectivity index (χ2v) is 9.46. The summed E-state index contributed by atoms with van der Waals surface area (Å²) in [6.07, 6.45) is 4.32. The Balaban J connectivity index is 1.27. The van der Waals surface area contributed by atoms with E-state index in [0.29, 0.717) is 17.4 Å². The lowest BCUT2D eigenvalue weighted by molar-refractivity contribution is -0.124. The Morgan fingerprint density at radius 1 is 0.879 bits per heavy atom. The molecule has 0 unspecified atom stereocenters. The van der Waals surface area contributed by atoms with E-state index in [2.05, 4.69) is 12.2 Å². The van der Waals surface area contributed by atoms with Gasteiger partial charge in [-0.2, -0.15) is 0 Å². The van der Waals surface area contributed by atoms with Crippen molar-refractivity contribution in [3.63, 3.8) is 0 Å². The number of ketones is 1. The Kier molecular flexibility index (Phi) is 4.41. The summed E-state index contributed by atoms with van der Waals surface area (Å²) in [5.41, 5.74) is 0.789. The average molecular weight is 441 g/mol. The molecule has 6 nitrogen and oxygen atoms in total. The summed E-state index contributed by atoms with van der Waals surface area (Å²) in [6.45, 7) is 1.52. The van der Waals surface area contributed by atoms with Crippen LogP contribution in [-0.2, 0) is 14.3 Å². The van der Waals surface area contributed by atoms with Crippen LogP contribution in [0.15, 0.2) is 66.7 Å². The number of rotatable bonds is 5. The Bertz CT molecular complexity index is 1180. The van der Waals surface area contributed by atoms with Crippen molar-refractivity contribution in [2.45, 2.75) is 19.4 Å². The normalized spacial score (nSPS) is 31.7. The fourth-order valence-electron chi connectivity index (χ4n) is 6.15. The van der Waals surface area contributed by atoms with Crippen molar-refractivity contribution in [2.75, 3.05) is 4.90 Å². The van der Waals surface area contributed by atoms with E-state index in [9.17, 15) is 19.2 Å². The number of anilines is 1. The lowest BCUT2D eigenvalue weighted by Crippen LogP contribution is -2.40. The summed E-state index contributed by atoms with van der Waals surface area (Å²) in [6, 6.07) is 15.1. The third-order valence-corrected chi connectivity index (χ3v) is 7.74. The van der Waals surface area contributed by atoms with Crippen LogP contribution in [0.1, 0.15) is 34.1 Å². The van der Waals surface area contributed by atoms with E-state index in [-0.39, 0.29) is 52.5 Å². The van der Waals surface area contributed by atoms with Crippen LogP contribution in [0.25, 0.3) is 0 Å².